The number of amides is 4. The van der Waals surface area contributed by atoms with Gasteiger partial charge in [0, 0.05) is 32.6 Å². The number of urea groups is 1. The summed E-state index contributed by atoms with van der Waals surface area (Å²) in [6.45, 7) is 6.83. The number of rotatable bonds is 8. The number of piperidine rings is 1. The Morgan fingerprint density at radius 1 is 1.17 bits per heavy atom. The quantitative estimate of drug-likeness (QED) is 0.652. The van der Waals surface area contributed by atoms with Crippen molar-refractivity contribution in [3.63, 3.8) is 0 Å². The summed E-state index contributed by atoms with van der Waals surface area (Å²) in [5.41, 5.74) is 5.36. The van der Waals surface area contributed by atoms with Crippen LogP contribution in [0.2, 0.25) is 0 Å². The molecule has 0 atom stereocenters. The van der Waals surface area contributed by atoms with Crippen molar-refractivity contribution >= 4 is 17.8 Å². The number of hydrogen-bond acceptors (Lipinski definition) is 5. The Bertz CT molecular complexity index is 785. The Kier molecular flexibility index (Phi) is 6.65. The van der Waals surface area contributed by atoms with Crippen LogP contribution in [0.3, 0.4) is 0 Å². The molecule has 0 bridgehead atoms. The monoisotopic (exact) mass is 416 g/mol. The molecular formula is C22H32N4O4. The summed E-state index contributed by atoms with van der Waals surface area (Å²) in [6.07, 6.45) is 1.45. The van der Waals surface area contributed by atoms with Gasteiger partial charge in [-0.2, -0.15) is 0 Å². The predicted molar refractivity (Wildman–Crippen MR) is 113 cm³/mol. The minimum atomic E-state index is -0.795. The number of carbonyl (C=O) groups is 3. The van der Waals surface area contributed by atoms with Crippen molar-refractivity contribution in [2.45, 2.75) is 45.2 Å². The second kappa shape index (κ2) is 9.04. The van der Waals surface area contributed by atoms with Crippen molar-refractivity contribution < 1.29 is 19.1 Å². The number of ether oxygens (including phenoxy) is 1. The predicted octanol–water partition coefficient (Wildman–Crippen LogP) is 1.83. The third-order valence-corrected chi connectivity index (χ3v) is 6.03. The Hall–Kier alpha value is -2.61. The Labute approximate surface area is 177 Å². The van der Waals surface area contributed by atoms with Crippen LogP contribution in [0, 0.1) is 5.92 Å². The van der Waals surface area contributed by atoms with Crippen molar-refractivity contribution in [3.8, 4) is 5.75 Å². The van der Waals surface area contributed by atoms with Gasteiger partial charge in [0.1, 0.15) is 11.3 Å². The van der Waals surface area contributed by atoms with Crippen LogP contribution in [-0.4, -0.2) is 71.4 Å². The number of methoxy groups -OCH3 is 1. The van der Waals surface area contributed by atoms with Gasteiger partial charge in [0.25, 0.3) is 5.91 Å². The molecule has 0 radical (unpaired) electrons. The van der Waals surface area contributed by atoms with Gasteiger partial charge in [-0.3, -0.25) is 14.5 Å². The molecule has 1 aromatic rings. The van der Waals surface area contributed by atoms with Crippen molar-refractivity contribution in [1.82, 2.24) is 14.7 Å². The number of primary amides is 1. The second-order valence-electron chi connectivity index (χ2n) is 8.62. The maximum Gasteiger partial charge on any atom is 0.327 e. The lowest BCUT2D eigenvalue weighted by Gasteiger charge is -2.42. The molecule has 4 amide bonds. The molecule has 0 aliphatic carbocycles. The summed E-state index contributed by atoms with van der Waals surface area (Å²) in [5.74, 6) is 0.555. The zero-order chi connectivity index (χ0) is 21.9. The van der Waals surface area contributed by atoms with Gasteiger partial charge in [-0.25, -0.2) is 4.79 Å². The summed E-state index contributed by atoms with van der Waals surface area (Å²) in [4.78, 5) is 43.2. The standard InChI is InChI=1S/C22H32N4O4/c1-16(2)14-26-21(29)25(15-17-4-6-18(30-3)7-5-17)20(28)22(26)9-12-24(13-10-22)11-8-19(23)27/h4-7,16H,8-15H2,1-3H3,(H2,23,27). The molecule has 3 rings (SSSR count). The van der Waals surface area contributed by atoms with Crippen LogP contribution in [0.5, 0.6) is 5.75 Å². The number of likely N-dealkylation sites (tertiary alicyclic amines) is 1. The van der Waals surface area contributed by atoms with E-state index in [1.165, 1.54) is 4.90 Å². The minimum Gasteiger partial charge on any atom is -0.497 e. The number of hydrogen-bond donors (Lipinski definition) is 1. The molecule has 2 N–H and O–H groups in total. The first kappa shape index (κ1) is 22.1. The highest BCUT2D eigenvalue weighted by atomic mass is 16.5. The van der Waals surface area contributed by atoms with Crippen molar-refractivity contribution in [2.24, 2.45) is 11.7 Å². The van der Waals surface area contributed by atoms with E-state index in [1.54, 1.807) is 12.0 Å². The summed E-state index contributed by atoms with van der Waals surface area (Å²) < 4.78 is 5.19. The lowest BCUT2D eigenvalue weighted by atomic mass is 9.85. The van der Waals surface area contributed by atoms with E-state index in [-0.39, 0.29) is 30.3 Å². The number of carbonyl (C=O) groups excluding carboxylic acids is 3. The Morgan fingerprint density at radius 2 is 1.80 bits per heavy atom. The van der Waals surface area contributed by atoms with Crippen LogP contribution in [-0.2, 0) is 16.1 Å². The fourth-order valence-corrected chi connectivity index (χ4v) is 4.35. The van der Waals surface area contributed by atoms with E-state index in [0.29, 0.717) is 45.4 Å². The highest BCUT2D eigenvalue weighted by Gasteiger charge is 2.57. The van der Waals surface area contributed by atoms with E-state index in [0.717, 1.165) is 11.3 Å². The topological polar surface area (TPSA) is 96.2 Å². The highest BCUT2D eigenvalue weighted by Crippen LogP contribution is 2.38. The first-order valence-electron chi connectivity index (χ1n) is 10.5. The molecule has 2 heterocycles. The highest BCUT2D eigenvalue weighted by molar-refractivity contribution is 6.07. The largest absolute Gasteiger partial charge is 0.497 e. The molecule has 164 valence electrons. The van der Waals surface area contributed by atoms with E-state index in [2.05, 4.69) is 18.7 Å². The summed E-state index contributed by atoms with van der Waals surface area (Å²) in [7, 11) is 1.60. The lowest BCUT2D eigenvalue weighted by Crippen LogP contribution is -2.57. The van der Waals surface area contributed by atoms with Gasteiger partial charge >= 0.3 is 6.03 Å². The first-order valence-corrected chi connectivity index (χ1v) is 10.5. The van der Waals surface area contributed by atoms with Gasteiger partial charge in [-0.05, 0) is 36.5 Å². The second-order valence-corrected chi connectivity index (χ2v) is 8.62. The van der Waals surface area contributed by atoms with Gasteiger partial charge < -0.3 is 20.3 Å². The lowest BCUT2D eigenvalue weighted by molar-refractivity contribution is -0.136. The minimum absolute atomic E-state index is 0.112. The molecule has 8 heteroatoms. The van der Waals surface area contributed by atoms with E-state index in [1.807, 2.05) is 24.3 Å². The van der Waals surface area contributed by atoms with Gasteiger partial charge in [-0.15, -0.1) is 0 Å². The average molecular weight is 417 g/mol. The van der Waals surface area contributed by atoms with Crippen LogP contribution in [0.15, 0.2) is 24.3 Å². The maximum atomic E-state index is 13.5. The molecule has 0 unspecified atom stereocenters. The van der Waals surface area contributed by atoms with Crippen LogP contribution in [0.25, 0.3) is 0 Å². The zero-order valence-electron chi connectivity index (χ0n) is 18.1. The maximum absolute atomic E-state index is 13.5. The van der Waals surface area contributed by atoms with Crippen LogP contribution < -0.4 is 10.5 Å². The summed E-state index contributed by atoms with van der Waals surface area (Å²) in [6, 6.07) is 7.21. The Balaban J connectivity index is 1.78. The smallest absolute Gasteiger partial charge is 0.327 e. The molecule has 2 fully saturated rings. The summed E-state index contributed by atoms with van der Waals surface area (Å²) >= 11 is 0. The van der Waals surface area contributed by atoms with Crippen LogP contribution >= 0.6 is 0 Å². The van der Waals surface area contributed by atoms with Crippen molar-refractivity contribution in [2.75, 3.05) is 33.3 Å². The molecule has 8 nitrogen and oxygen atoms in total. The molecule has 0 saturated carbocycles. The molecule has 30 heavy (non-hydrogen) atoms. The van der Waals surface area contributed by atoms with Crippen molar-refractivity contribution in [3.05, 3.63) is 29.8 Å². The van der Waals surface area contributed by atoms with Gasteiger partial charge in [0.05, 0.1) is 13.7 Å². The SMILES string of the molecule is COc1ccc(CN2C(=O)N(CC(C)C)C3(CCN(CCC(N)=O)CC3)C2=O)cc1. The van der Waals surface area contributed by atoms with Crippen LogP contribution in [0.4, 0.5) is 4.79 Å². The van der Waals surface area contributed by atoms with Gasteiger partial charge in [0.2, 0.25) is 5.91 Å². The van der Waals surface area contributed by atoms with E-state index >= 15 is 0 Å². The van der Waals surface area contributed by atoms with Crippen LogP contribution in [0.1, 0.15) is 38.7 Å². The van der Waals surface area contributed by atoms with Crippen molar-refractivity contribution in [1.29, 1.82) is 0 Å². The zero-order valence-corrected chi connectivity index (χ0v) is 18.1. The number of imide groups is 1. The molecule has 0 aromatic heterocycles. The van der Waals surface area contributed by atoms with Gasteiger partial charge in [0.15, 0.2) is 0 Å². The first-order chi connectivity index (χ1) is 14.3. The fourth-order valence-electron chi connectivity index (χ4n) is 4.35. The summed E-state index contributed by atoms with van der Waals surface area (Å²) in [5, 5.41) is 0. The Morgan fingerprint density at radius 3 is 2.33 bits per heavy atom. The molecule has 1 aromatic carbocycles. The van der Waals surface area contributed by atoms with E-state index in [9.17, 15) is 14.4 Å². The third kappa shape index (κ3) is 4.43. The van der Waals surface area contributed by atoms with E-state index in [4.69, 9.17) is 10.5 Å². The number of nitrogens with two attached hydrogens (primary N) is 1. The number of benzene rings is 1. The third-order valence-electron chi connectivity index (χ3n) is 6.03. The molecule has 1 spiro atoms. The molecule has 2 aliphatic heterocycles. The molecular weight excluding hydrogens is 384 g/mol. The number of nitrogens with zero attached hydrogens (tertiary/aromatic N) is 3. The molecule has 2 aliphatic rings. The normalized spacial score (nSPS) is 19.2. The fraction of sp³-hybridized carbons (Fsp3) is 0.591. The average Bonchev–Trinajstić information content (AvgIpc) is 2.90. The van der Waals surface area contributed by atoms with Gasteiger partial charge in [-0.1, -0.05) is 26.0 Å². The van der Waals surface area contributed by atoms with E-state index < -0.39 is 5.54 Å². The molecule has 2 saturated heterocycles.